The van der Waals surface area contributed by atoms with Crippen LogP contribution in [0.2, 0.25) is 5.02 Å². The summed E-state index contributed by atoms with van der Waals surface area (Å²) in [5.74, 6) is -17.3. The molecule has 4 aromatic rings. The molecule has 4 aliphatic rings. The number of phenols is 1. The zero-order valence-electron chi connectivity index (χ0n) is 43.1. The number of aromatic hydroxyl groups is 2. The third-order valence-corrected chi connectivity index (χ3v) is 13.8. The number of phenolic OH excluding ortho intramolecular Hbond substituents is 1. The highest BCUT2D eigenvalue weighted by Gasteiger charge is 2.45. The van der Waals surface area contributed by atoms with E-state index in [4.69, 9.17) is 30.4 Å². The molecule has 2 fully saturated rings. The second kappa shape index (κ2) is 24.6. The number of amides is 10. The summed E-state index contributed by atoms with van der Waals surface area (Å²) in [5.41, 5.74) is -1.57. The Balaban J connectivity index is 0.952. The minimum Gasteiger partial charge on any atom is -0.534 e. The van der Waals surface area contributed by atoms with E-state index in [0.29, 0.717) is 21.4 Å². The summed E-state index contributed by atoms with van der Waals surface area (Å²) in [7, 11) is -3.80. The minimum atomic E-state index is -2.08. The van der Waals surface area contributed by atoms with Gasteiger partial charge in [-0.15, -0.1) is 0 Å². The van der Waals surface area contributed by atoms with E-state index < -0.39 is 168 Å². The Morgan fingerprint density at radius 1 is 0.768 bits per heavy atom. The Kier molecular flexibility index (Phi) is 17.7. The van der Waals surface area contributed by atoms with Crippen molar-refractivity contribution in [2.24, 2.45) is 0 Å². The Morgan fingerprint density at radius 2 is 1.35 bits per heavy atom. The molecule has 0 spiro atoms. The van der Waals surface area contributed by atoms with Gasteiger partial charge in [-0.3, -0.25) is 43.6 Å². The number of halogens is 3. The van der Waals surface area contributed by atoms with Gasteiger partial charge in [0.1, 0.15) is 52.5 Å². The summed E-state index contributed by atoms with van der Waals surface area (Å²) < 4.78 is 51.6. The molecule has 2 unspecified atom stereocenters. The average Bonchev–Trinajstić information content (AvgIpc) is 3.19. The van der Waals surface area contributed by atoms with Gasteiger partial charge in [-0.1, -0.05) is 35.9 Å². The van der Waals surface area contributed by atoms with E-state index in [1.54, 1.807) is 19.9 Å². The second-order valence-electron chi connectivity index (χ2n) is 18.5. The number of hydrogen-bond acceptors (Lipinski definition) is 19. The predicted molar refractivity (Wildman–Crippen MR) is 274 cm³/mol. The van der Waals surface area contributed by atoms with Crippen LogP contribution in [0.1, 0.15) is 69.0 Å². The number of carbonyl (C=O) groups is 10. The van der Waals surface area contributed by atoms with Gasteiger partial charge in [0, 0.05) is 44.4 Å². The van der Waals surface area contributed by atoms with Crippen molar-refractivity contribution in [3.05, 3.63) is 105 Å². The number of aromatic nitrogens is 1. The standard InChI is InChI=1S/C49H48B2ClF2N9O19/c1-3-60-12-14-62(44(70)42(60)68)48(75)58-34(40(66)56-31-19-23-8-10-27(53)32(46(72)73)38(23)82-51(31)78)25-9-11-29(65)39(33(25)52)80-17-16-61-13-15-63(45(71)43(61)69)49(76)59-36(35-28(54)20-24(64)21-55-35)41(67)57-30-18-22-6-5-7-26(47(74)79-4-2)37(22)81-50(30)77/h5-11,20-21,30-31,34,36,64-65,77-78H,3-4,12-19H2,1-2H3,(H,56,66)(H,57,67)(H,58,75)(H,59,76)(H,72,73)/t30-,31-,34?,36?/m0/s1. The smallest absolute Gasteiger partial charge is 0.534 e. The Labute approximate surface area is 467 Å². The van der Waals surface area contributed by atoms with Crippen LogP contribution in [0.4, 0.5) is 18.4 Å². The third-order valence-electron chi connectivity index (χ3n) is 13.4. The molecule has 28 nitrogen and oxygen atoms in total. The van der Waals surface area contributed by atoms with E-state index in [1.165, 1.54) is 17.0 Å². The van der Waals surface area contributed by atoms with E-state index >= 15 is 4.39 Å². The highest BCUT2D eigenvalue weighted by molar-refractivity contribution is 6.47. The van der Waals surface area contributed by atoms with Crippen LogP contribution in [0, 0.1) is 11.6 Å². The molecule has 0 aliphatic carbocycles. The van der Waals surface area contributed by atoms with Crippen LogP contribution >= 0.6 is 11.6 Å². The van der Waals surface area contributed by atoms with Crippen LogP contribution in [-0.4, -0.2) is 188 Å². The minimum absolute atomic E-state index is 0.00743. The van der Waals surface area contributed by atoms with Crippen molar-refractivity contribution in [2.45, 2.75) is 50.7 Å². The number of carboxylic acids is 1. The van der Waals surface area contributed by atoms with Crippen LogP contribution < -0.4 is 35.3 Å². The van der Waals surface area contributed by atoms with Crippen molar-refractivity contribution >= 4 is 85.3 Å². The SMILES string of the molecule is CCOC(=O)c1cccc2c1OB(O)[C@@H](NC(=O)C(NC(=O)N1CCN(CCOc3c(O)ccc(C(NC(=O)N4CCN(CC)C(=O)C4=O)C(=O)N[C@H]4Cc5ccc(F)c(C(=O)O)c5OB4O)c3Cl)C(=O)C1=O)c1ncc(O)cc1F)C2. The number of pyridine rings is 1. The monoisotopic (exact) mass is 1160 g/mol. The van der Waals surface area contributed by atoms with Gasteiger partial charge in [0.25, 0.3) is 0 Å². The fourth-order valence-corrected chi connectivity index (χ4v) is 9.56. The molecule has 1 aromatic heterocycles. The van der Waals surface area contributed by atoms with Crippen LogP contribution in [0.5, 0.6) is 28.7 Å². The molecule has 3 aromatic carbocycles. The van der Waals surface area contributed by atoms with Gasteiger partial charge >= 0.3 is 61.9 Å². The number of para-hydroxylation sites is 1. The number of urea groups is 2. The number of hydrogen-bond donors (Lipinski definition) is 9. The van der Waals surface area contributed by atoms with Crippen molar-refractivity contribution in [1.82, 2.24) is 45.9 Å². The van der Waals surface area contributed by atoms with Gasteiger partial charge in [-0.05, 0) is 56.0 Å². The number of nitrogens with zero attached hydrogens (tertiary/aromatic N) is 5. The lowest BCUT2D eigenvalue weighted by Gasteiger charge is -2.34. The number of benzene rings is 3. The average molecular weight is 1160 g/mol. The molecule has 2 saturated heterocycles. The number of ether oxygens (including phenoxy) is 2. The first kappa shape index (κ1) is 58.8. The van der Waals surface area contributed by atoms with E-state index in [9.17, 15) is 77.7 Å². The van der Waals surface area contributed by atoms with Gasteiger partial charge < -0.3 is 75.2 Å². The Bertz CT molecular complexity index is 3310. The summed E-state index contributed by atoms with van der Waals surface area (Å²) in [6.07, 6.45) is 0.269. The molecule has 82 heavy (non-hydrogen) atoms. The van der Waals surface area contributed by atoms with E-state index in [1.807, 2.05) is 0 Å². The van der Waals surface area contributed by atoms with Crippen molar-refractivity contribution in [3.8, 4) is 28.7 Å². The number of imide groups is 2. The zero-order valence-corrected chi connectivity index (χ0v) is 43.8. The van der Waals surface area contributed by atoms with Gasteiger partial charge in [0.05, 0.1) is 36.3 Å². The van der Waals surface area contributed by atoms with E-state index in [2.05, 4.69) is 26.3 Å². The molecule has 8 rings (SSSR count). The Morgan fingerprint density at radius 3 is 1.96 bits per heavy atom. The van der Waals surface area contributed by atoms with Crippen LogP contribution in [0.15, 0.2) is 54.7 Å². The van der Waals surface area contributed by atoms with Crippen molar-refractivity contribution in [3.63, 3.8) is 0 Å². The third kappa shape index (κ3) is 12.1. The lowest BCUT2D eigenvalue weighted by Crippen LogP contribution is -2.60. The van der Waals surface area contributed by atoms with Gasteiger partial charge in [0.15, 0.2) is 23.4 Å². The van der Waals surface area contributed by atoms with Crippen molar-refractivity contribution in [1.29, 1.82) is 0 Å². The number of fused-ring (bicyclic) bond motifs is 2. The highest BCUT2D eigenvalue weighted by atomic mass is 35.5. The first-order valence-electron chi connectivity index (χ1n) is 25.0. The molecule has 430 valence electrons. The highest BCUT2D eigenvalue weighted by Crippen LogP contribution is 2.40. The zero-order chi connectivity index (χ0) is 59.4. The number of rotatable bonds is 16. The normalized spacial score (nSPS) is 17.6. The van der Waals surface area contributed by atoms with E-state index in [-0.39, 0.29) is 68.1 Å². The molecule has 4 aliphatic heterocycles. The van der Waals surface area contributed by atoms with E-state index in [0.717, 1.165) is 35.4 Å². The number of nitrogens with one attached hydrogen (secondary N) is 4. The van der Waals surface area contributed by atoms with Crippen LogP contribution in [0.3, 0.4) is 0 Å². The number of aromatic carboxylic acids is 1. The molecule has 0 radical (unpaired) electrons. The fraction of sp³-hybridized carbons (Fsp3) is 0.327. The van der Waals surface area contributed by atoms with Gasteiger partial charge in [-0.25, -0.2) is 28.0 Å². The predicted octanol–water partition coefficient (Wildman–Crippen LogP) is -0.480. The molecule has 5 heterocycles. The number of piperazine rings is 2. The summed E-state index contributed by atoms with van der Waals surface area (Å²) in [6.45, 7) is 1.09. The second-order valence-corrected chi connectivity index (χ2v) is 18.8. The first-order chi connectivity index (χ1) is 39.0. The molecule has 10 amide bonds. The maximum atomic E-state index is 15.4. The van der Waals surface area contributed by atoms with Crippen LogP contribution in [-0.2, 0) is 46.3 Å². The molecule has 4 atom stereocenters. The van der Waals surface area contributed by atoms with Gasteiger partial charge in [-0.2, -0.15) is 0 Å². The first-order valence-corrected chi connectivity index (χ1v) is 25.4. The van der Waals surface area contributed by atoms with Crippen molar-refractivity contribution in [2.75, 3.05) is 52.5 Å². The maximum absolute atomic E-state index is 15.4. The summed E-state index contributed by atoms with van der Waals surface area (Å²) in [6, 6.07) is 2.42. The number of carbonyl (C=O) groups excluding carboxylic acids is 9. The molecule has 0 saturated carbocycles. The largest absolute Gasteiger partial charge is 0.547 e. The maximum Gasteiger partial charge on any atom is 0.547 e. The van der Waals surface area contributed by atoms with Crippen molar-refractivity contribution < 1.29 is 101 Å². The topological polar surface area (TPSA) is 383 Å². The summed E-state index contributed by atoms with van der Waals surface area (Å²) in [4.78, 5) is 140. The molecule has 33 heteroatoms. The van der Waals surface area contributed by atoms with Gasteiger partial charge in [0.2, 0.25) is 11.8 Å². The fourth-order valence-electron chi connectivity index (χ4n) is 9.24. The summed E-state index contributed by atoms with van der Waals surface area (Å²) in [5, 5.41) is 61.0. The Hall–Kier alpha value is -9.29. The molecular formula is C49H48B2ClF2N9O19. The lowest BCUT2D eigenvalue weighted by atomic mass is 9.72. The molecular weight excluding hydrogens is 1110 g/mol. The lowest BCUT2D eigenvalue weighted by molar-refractivity contribution is -0.154. The number of esters is 1. The molecule has 9 N–H and O–H groups in total. The molecule has 0 bridgehead atoms. The number of likely N-dealkylation sites (N-methyl/N-ethyl adjacent to an activating group) is 1. The quantitative estimate of drug-likeness (QED) is 0.0389. The van der Waals surface area contributed by atoms with Crippen LogP contribution in [0.25, 0.3) is 0 Å². The summed E-state index contributed by atoms with van der Waals surface area (Å²) >= 11 is 6.76. The number of carboxylic acid groups (broad SMARTS) is 1.